The molecule has 2 amide bonds. The van der Waals surface area contributed by atoms with E-state index in [9.17, 15) is 9.59 Å². The molecule has 1 aromatic carbocycles. The molecule has 116 valence electrons. The Bertz CT molecular complexity index is 502. The molecule has 21 heavy (non-hydrogen) atoms. The molecule has 0 saturated heterocycles. The Labute approximate surface area is 125 Å². The summed E-state index contributed by atoms with van der Waals surface area (Å²) in [7, 11) is 0. The Hall–Kier alpha value is -1.92. The zero-order valence-electron chi connectivity index (χ0n) is 12.8. The first-order valence-corrected chi connectivity index (χ1v) is 6.99. The lowest BCUT2D eigenvalue weighted by Crippen LogP contribution is -2.49. The van der Waals surface area contributed by atoms with Gasteiger partial charge in [0.15, 0.2) is 0 Å². The summed E-state index contributed by atoms with van der Waals surface area (Å²) in [5.41, 5.74) is 12.5. The van der Waals surface area contributed by atoms with Gasteiger partial charge in [0, 0.05) is 18.3 Å². The van der Waals surface area contributed by atoms with Gasteiger partial charge in [0.1, 0.15) is 0 Å². The number of primary amides is 1. The van der Waals surface area contributed by atoms with E-state index in [1.165, 1.54) is 0 Å². The van der Waals surface area contributed by atoms with Gasteiger partial charge in [0.25, 0.3) is 0 Å². The molecule has 1 unspecified atom stereocenters. The Morgan fingerprint density at radius 3 is 2.38 bits per heavy atom. The highest BCUT2D eigenvalue weighted by Crippen LogP contribution is 2.15. The molecule has 0 bridgehead atoms. The molecule has 0 aliphatic heterocycles. The molecule has 1 aromatic rings. The van der Waals surface area contributed by atoms with Crippen LogP contribution in [-0.2, 0) is 16.1 Å². The fraction of sp³-hybridized carbons (Fsp3) is 0.467. The van der Waals surface area contributed by atoms with Crippen molar-refractivity contribution in [2.75, 3.05) is 11.9 Å². The Morgan fingerprint density at radius 2 is 1.86 bits per heavy atom. The van der Waals surface area contributed by atoms with Gasteiger partial charge in [-0.25, -0.2) is 0 Å². The van der Waals surface area contributed by atoms with E-state index in [0.717, 1.165) is 5.56 Å². The Morgan fingerprint density at radius 1 is 1.24 bits per heavy atom. The van der Waals surface area contributed by atoms with Gasteiger partial charge in [-0.1, -0.05) is 18.2 Å². The number of anilines is 1. The van der Waals surface area contributed by atoms with Crippen LogP contribution in [0.5, 0.6) is 0 Å². The smallest absolute Gasteiger partial charge is 0.241 e. The molecule has 6 heteroatoms. The monoisotopic (exact) mass is 292 g/mol. The SMILES string of the molecule is CC(C)N(CC(N)=O)C(C)C(=O)Nc1ccccc1CN. The molecule has 1 atom stereocenters. The van der Waals surface area contributed by atoms with E-state index >= 15 is 0 Å². The van der Waals surface area contributed by atoms with E-state index in [1.54, 1.807) is 17.9 Å². The topological polar surface area (TPSA) is 101 Å². The molecule has 0 aliphatic rings. The summed E-state index contributed by atoms with van der Waals surface area (Å²) < 4.78 is 0. The number of nitrogens with one attached hydrogen (secondary N) is 1. The standard InChI is InChI=1S/C15H24N4O2/c1-10(2)19(9-14(17)20)11(3)15(21)18-13-7-5-4-6-12(13)8-16/h4-7,10-11H,8-9,16H2,1-3H3,(H2,17,20)(H,18,21). The lowest BCUT2D eigenvalue weighted by molar-refractivity contribution is -0.124. The van der Waals surface area contributed by atoms with Gasteiger partial charge in [-0.2, -0.15) is 0 Å². The van der Waals surface area contributed by atoms with Crippen molar-refractivity contribution in [2.24, 2.45) is 11.5 Å². The number of amides is 2. The maximum Gasteiger partial charge on any atom is 0.241 e. The summed E-state index contributed by atoms with van der Waals surface area (Å²) >= 11 is 0. The molecule has 0 aromatic heterocycles. The second kappa shape index (κ2) is 7.75. The zero-order valence-corrected chi connectivity index (χ0v) is 12.8. The van der Waals surface area contributed by atoms with Gasteiger partial charge in [0.2, 0.25) is 11.8 Å². The van der Waals surface area contributed by atoms with Crippen LogP contribution in [0.4, 0.5) is 5.69 Å². The number of hydrogen-bond donors (Lipinski definition) is 3. The van der Waals surface area contributed by atoms with Crippen molar-refractivity contribution >= 4 is 17.5 Å². The third-order valence-electron chi connectivity index (χ3n) is 3.37. The predicted molar refractivity (Wildman–Crippen MR) is 83.5 cm³/mol. The molecule has 5 N–H and O–H groups in total. The summed E-state index contributed by atoms with van der Waals surface area (Å²) in [6, 6.07) is 6.94. The minimum absolute atomic E-state index is 0.0306. The number of rotatable bonds is 7. The first-order chi connectivity index (χ1) is 9.86. The van der Waals surface area contributed by atoms with E-state index in [-0.39, 0.29) is 18.5 Å². The van der Waals surface area contributed by atoms with Crippen molar-refractivity contribution in [3.8, 4) is 0 Å². The molecule has 0 aliphatic carbocycles. The van der Waals surface area contributed by atoms with E-state index < -0.39 is 11.9 Å². The number of nitrogens with zero attached hydrogens (tertiary/aromatic N) is 1. The van der Waals surface area contributed by atoms with E-state index in [0.29, 0.717) is 12.2 Å². The molecule has 0 heterocycles. The molecule has 0 radical (unpaired) electrons. The highest BCUT2D eigenvalue weighted by Gasteiger charge is 2.25. The largest absolute Gasteiger partial charge is 0.369 e. The highest BCUT2D eigenvalue weighted by molar-refractivity contribution is 5.95. The predicted octanol–water partition coefficient (Wildman–Crippen LogP) is 0.668. The number of carbonyl (C=O) groups excluding carboxylic acids is 2. The van der Waals surface area contributed by atoms with Crippen LogP contribution in [0.25, 0.3) is 0 Å². The van der Waals surface area contributed by atoms with Crippen LogP contribution < -0.4 is 16.8 Å². The number of para-hydroxylation sites is 1. The number of benzene rings is 1. The molecular formula is C15H24N4O2. The first kappa shape index (κ1) is 17.1. The van der Waals surface area contributed by atoms with Gasteiger partial charge >= 0.3 is 0 Å². The van der Waals surface area contributed by atoms with Crippen LogP contribution in [-0.4, -0.2) is 35.3 Å². The maximum atomic E-state index is 12.4. The third kappa shape index (κ3) is 4.84. The van der Waals surface area contributed by atoms with Crippen LogP contribution in [0.3, 0.4) is 0 Å². The van der Waals surface area contributed by atoms with Crippen molar-refractivity contribution in [1.29, 1.82) is 0 Å². The number of hydrogen-bond acceptors (Lipinski definition) is 4. The summed E-state index contributed by atoms with van der Waals surface area (Å²) in [6.45, 7) is 5.98. The summed E-state index contributed by atoms with van der Waals surface area (Å²) in [6.07, 6.45) is 0. The third-order valence-corrected chi connectivity index (χ3v) is 3.37. The molecule has 0 saturated carbocycles. The molecule has 1 rings (SSSR count). The fourth-order valence-electron chi connectivity index (χ4n) is 2.15. The Kier molecular flexibility index (Phi) is 6.33. The van der Waals surface area contributed by atoms with Crippen molar-refractivity contribution < 1.29 is 9.59 Å². The quantitative estimate of drug-likeness (QED) is 0.687. The van der Waals surface area contributed by atoms with Gasteiger partial charge < -0.3 is 16.8 Å². The van der Waals surface area contributed by atoms with Gasteiger partial charge in [-0.05, 0) is 32.4 Å². The van der Waals surface area contributed by atoms with E-state index in [4.69, 9.17) is 11.5 Å². The highest BCUT2D eigenvalue weighted by atomic mass is 16.2. The second-order valence-electron chi connectivity index (χ2n) is 5.26. The molecule has 0 fully saturated rings. The molecule has 0 spiro atoms. The minimum atomic E-state index is -0.469. The lowest BCUT2D eigenvalue weighted by atomic mass is 10.1. The Balaban J connectivity index is 2.83. The normalized spacial score (nSPS) is 12.5. The lowest BCUT2D eigenvalue weighted by Gasteiger charge is -2.30. The van der Waals surface area contributed by atoms with Crippen molar-refractivity contribution in [1.82, 2.24) is 4.90 Å². The van der Waals surface area contributed by atoms with Crippen molar-refractivity contribution in [3.05, 3.63) is 29.8 Å². The van der Waals surface area contributed by atoms with Crippen LogP contribution in [0, 0.1) is 0 Å². The maximum absolute atomic E-state index is 12.4. The summed E-state index contributed by atoms with van der Waals surface area (Å²) in [4.78, 5) is 25.2. The summed E-state index contributed by atoms with van der Waals surface area (Å²) in [5, 5.41) is 2.86. The van der Waals surface area contributed by atoms with Gasteiger partial charge in [-0.3, -0.25) is 14.5 Å². The van der Waals surface area contributed by atoms with Crippen LogP contribution in [0.1, 0.15) is 26.3 Å². The van der Waals surface area contributed by atoms with Crippen molar-refractivity contribution in [2.45, 2.75) is 39.4 Å². The second-order valence-corrected chi connectivity index (χ2v) is 5.26. The molecular weight excluding hydrogens is 268 g/mol. The van der Waals surface area contributed by atoms with Crippen LogP contribution in [0.15, 0.2) is 24.3 Å². The zero-order chi connectivity index (χ0) is 16.0. The van der Waals surface area contributed by atoms with E-state index in [2.05, 4.69) is 5.32 Å². The average molecular weight is 292 g/mol. The van der Waals surface area contributed by atoms with Crippen molar-refractivity contribution in [3.63, 3.8) is 0 Å². The van der Waals surface area contributed by atoms with E-state index in [1.807, 2.05) is 32.0 Å². The van der Waals surface area contributed by atoms with Gasteiger partial charge in [0.05, 0.1) is 12.6 Å². The number of nitrogens with two attached hydrogens (primary N) is 2. The van der Waals surface area contributed by atoms with Crippen LogP contribution >= 0.6 is 0 Å². The number of carbonyl (C=O) groups is 2. The van der Waals surface area contributed by atoms with Crippen LogP contribution in [0.2, 0.25) is 0 Å². The first-order valence-electron chi connectivity index (χ1n) is 6.99. The fourth-order valence-corrected chi connectivity index (χ4v) is 2.15. The van der Waals surface area contributed by atoms with Gasteiger partial charge in [-0.15, -0.1) is 0 Å². The molecule has 6 nitrogen and oxygen atoms in total. The average Bonchev–Trinajstić information content (AvgIpc) is 2.44. The minimum Gasteiger partial charge on any atom is -0.369 e. The summed E-state index contributed by atoms with van der Waals surface area (Å²) in [5.74, 6) is -0.642.